The monoisotopic (exact) mass is 157 g/mol. The van der Waals surface area contributed by atoms with Crippen LogP contribution in [0, 0.1) is 5.92 Å². The fraction of sp³-hybridized carbons (Fsp3) is 0.875. The molecule has 64 valence electrons. The zero-order valence-corrected chi connectivity index (χ0v) is 6.84. The van der Waals surface area contributed by atoms with Crippen molar-refractivity contribution in [2.75, 3.05) is 6.54 Å². The Hall–Kier alpha value is -0.570. The number of carbonyl (C=O) groups is 1. The van der Waals surface area contributed by atoms with Crippen LogP contribution in [0.2, 0.25) is 0 Å². The molecule has 11 heavy (non-hydrogen) atoms. The Bertz CT molecular complexity index is 143. The summed E-state index contributed by atoms with van der Waals surface area (Å²) in [6, 6.07) is 0. The summed E-state index contributed by atoms with van der Waals surface area (Å²) in [7, 11) is 0. The molecule has 0 aliphatic heterocycles. The van der Waals surface area contributed by atoms with Crippen LogP contribution in [-0.2, 0) is 4.79 Å². The zero-order valence-electron chi connectivity index (χ0n) is 6.84. The third-order valence-electron chi connectivity index (χ3n) is 2.00. The van der Waals surface area contributed by atoms with Crippen molar-refractivity contribution in [3.63, 3.8) is 0 Å². The summed E-state index contributed by atoms with van der Waals surface area (Å²) in [4.78, 5) is 10.7. The number of aliphatic hydroxyl groups excluding tert-OH is 1. The average Bonchev–Trinajstić information content (AvgIpc) is 2.81. The molecule has 1 fully saturated rings. The summed E-state index contributed by atoms with van der Waals surface area (Å²) >= 11 is 0. The molecular formula is C8H15NO2. The number of amides is 1. The molecule has 2 N–H and O–H groups in total. The Morgan fingerprint density at radius 2 is 2.36 bits per heavy atom. The van der Waals surface area contributed by atoms with Crippen LogP contribution >= 0.6 is 0 Å². The first-order chi connectivity index (χ1) is 5.24. The second-order valence-corrected chi connectivity index (χ2v) is 3.06. The van der Waals surface area contributed by atoms with E-state index >= 15 is 0 Å². The van der Waals surface area contributed by atoms with Crippen molar-refractivity contribution in [3.8, 4) is 0 Å². The SMILES string of the molecule is CCC(=O)NCC(O)C1CC1. The summed E-state index contributed by atoms with van der Waals surface area (Å²) in [5.41, 5.74) is 0. The van der Waals surface area contributed by atoms with E-state index in [4.69, 9.17) is 0 Å². The minimum Gasteiger partial charge on any atom is -0.391 e. The van der Waals surface area contributed by atoms with E-state index in [0.717, 1.165) is 12.8 Å². The molecule has 3 nitrogen and oxygen atoms in total. The van der Waals surface area contributed by atoms with Gasteiger partial charge in [-0.05, 0) is 18.8 Å². The van der Waals surface area contributed by atoms with Crippen molar-refractivity contribution >= 4 is 5.91 Å². The normalized spacial score (nSPS) is 19.5. The second-order valence-electron chi connectivity index (χ2n) is 3.06. The van der Waals surface area contributed by atoms with Gasteiger partial charge in [0.25, 0.3) is 0 Å². The van der Waals surface area contributed by atoms with Crippen molar-refractivity contribution in [1.82, 2.24) is 5.32 Å². The van der Waals surface area contributed by atoms with Gasteiger partial charge in [-0.3, -0.25) is 4.79 Å². The average molecular weight is 157 g/mol. The molecule has 1 aliphatic carbocycles. The highest BCUT2D eigenvalue weighted by Crippen LogP contribution is 2.32. The highest BCUT2D eigenvalue weighted by atomic mass is 16.3. The van der Waals surface area contributed by atoms with Crippen molar-refractivity contribution in [2.45, 2.75) is 32.3 Å². The van der Waals surface area contributed by atoms with E-state index in [1.54, 1.807) is 6.92 Å². The van der Waals surface area contributed by atoms with Crippen LogP contribution in [0.3, 0.4) is 0 Å². The Morgan fingerprint density at radius 1 is 1.73 bits per heavy atom. The lowest BCUT2D eigenvalue weighted by atomic mass is 10.2. The van der Waals surface area contributed by atoms with E-state index in [9.17, 15) is 9.90 Å². The number of hydrogen-bond donors (Lipinski definition) is 2. The van der Waals surface area contributed by atoms with E-state index in [1.165, 1.54) is 0 Å². The lowest BCUT2D eigenvalue weighted by molar-refractivity contribution is -0.121. The topological polar surface area (TPSA) is 49.3 Å². The fourth-order valence-electron chi connectivity index (χ4n) is 0.991. The molecule has 0 radical (unpaired) electrons. The summed E-state index contributed by atoms with van der Waals surface area (Å²) in [5.74, 6) is 0.469. The van der Waals surface area contributed by atoms with Gasteiger partial charge in [-0.25, -0.2) is 0 Å². The van der Waals surface area contributed by atoms with Crippen LogP contribution in [0.25, 0.3) is 0 Å². The molecule has 1 amide bonds. The van der Waals surface area contributed by atoms with E-state index in [1.807, 2.05) is 0 Å². The van der Waals surface area contributed by atoms with Gasteiger partial charge in [0, 0.05) is 13.0 Å². The second kappa shape index (κ2) is 3.72. The molecule has 1 atom stereocenters. The lowest BCUT2D eigenvalue weighted by Crippen LogP contribution is -2.32. The maximum absolute atomic E-state index is 10.7. The first-order valence-corrected chi connectivity index (χ1v) is 4.18. The van der Waals surface area contributed by atoms with Crippen LogP contribution in [0.15, 0.2) is 0 Å². The van der Waals surface area contributed by atoms with Crippen LogP contribution in [-0.4, -0.2) is 23.7 Å². The van der Waals surface area contributed by atoms with Gasteiger partial charge < -0.3 is 10.4 Å². The molecule has 0 saturated heterocycles. The smallest absolute Gasteiger partial charge is 0.219 e. The predicted molar refractivity (Wildman–Crippen MR) is 42.0 cm³/mol. The summed E-state index contributed by atoms with van der Waals surface area (Å²) in [6.07, 6.45) is 2.41. The summed E-state index contributed by atoms with van der Waals surface area (Å²) in [5, 5.41) is 12.0. The van der Waals surface area contributed by atoms with Gasteiger partial charge in [0.05, 0.1) is 6.10 Å². The molecule has 0 bridgehead atoms. The van der Waals surface area contributed by atoms with Gasteiger partial charge >= 0.3 is 0 Å². The van der Waals surface area contributed by atoms with E-state index in [2.05, 4.69) is 5.32 Å². The standard InChI is InChI=1S/C8H15NO2/c1-2-8(11)9-5-7(10)6-3-4-6/h6-7,10H,2-5H2,1H3,(H,9,11). The molecule has 1 unspecified atom stereocenters. The van der Waals surface area contributed by atoms with Gasteiger partial charge in [-0.1, -0.05) is 6.92 Å². The molecule has 1 rings (SSSR count). The van der Waals surface area contributed by atoms with E-state index < -0.39 is 0 Å². The minimum atomic E-state index is -0.314. The van der Waals surface area contributed by atoms with Crippen LogP contribution in [0.5, 0.6) is 0 Å². The van der Waals surface area contributed by atoms with Crippen molar-refractivity contribution < 1.29 is 9.90 Å². The van der Waals surface area contributed by atoms with Crippen LogP contribution in [0.1, 0.15) is 26.2 Å². The number of rotatable bonds is 4. The predicted octanol–water partition coefficient (Wildman–Crippen LogP) is 0.283. The quantitative estimate of drug-likeness (QED) is 0.616. The highest BCUT2D eigenvalue weighted by molar-refractivity contribution is 5.75. The van der Waals surface area contributed by atoms with E-state index in [0.29, 0.717) is 18.9 Å². The van der Waals surface area contributed by atoms with E-state index in [-0.39, 0.29) is 12.0 Å². The molecule has 1 saturated carbocycles. The molecule has 0 spiro atoms. The number of hydrogen-bond acceptors (Lipinski definition) is 2. The molecule has 0 heterocycles. The molecule has 0 aromatic carbocycles. The number of aliphatic hydroxyl groups is 1. The molecular weight excluding hydrogens is 142 g/mol. The van der Waals surface area contributed by atoms with Gasteiger partial charge in [-0.15, -0.1) is 0 Å². The Labute approximate surface area is 66.8 Å². The first-order valence-electron chi connectivity index (χ1n) is 4.18. The number of carbonyl (C=O) groups excluding carboxylic acids is 1. The van der Waals surface area contributed by atoms with Gasteiger partial charge in [-0.2, -0.15) is 0 Å². The lowest BCUT2D eigenvalue weighted by Gasteiger charge is -2.09. The maximum atomic E-state index is 10.7. The van der Waals surface area contributed by atoms with Crippen molar-refractivity contribution in [2.24, 2.45) is 5.92 Å². The summed E-state index contributed by atoms with van der Waals surface area (Å²) in [6.45, 7) is 2.23. The zero-order chi connectivity index (χ0) is 8.27. The Kier molecular flexibility index (Phi) is 2.88. The maximum Gasteiger partial charge on any atom is 0.219 e. The van der Waals surface area contributed by atoms with Crippen LogP contribution < -0.4 is 5.32 Å². The van der Waals surface area contributed by atoms with Crippen LogP contribution in [0.4, 0.5) is 0 Å². The van der Waals surface area contributed by atoms with Crippen molar-refractivity contribution in [1.29, 1.82) is 0 Å². The Morgan fingerprint density at radius 3 is 2.82 bits per heavy atom. The molecule has 0 aromatic heterocycles. The number of nitrogens with one attached hydrogen (secondary N) is 1. The first kappa shape index (κ1) is 8.53. The minimum absolute atomic E-state index is 0.0182. The molecule has 1 aliphatic rings. The highest BCUT2D eigenvalue weighted by Gasteiger charge is 2.29. The largest absolute Gasteiger partial charge is 0.391 e. The molecule has 3 heteroatoms. The third-order valence-corrected chi connectivity index (χ3v) is 2.00. The molecule has 0 aromatic rings. The fourth-order valence-corrected chi connectivity index (χ4v) is 0.991. The van der Waals surface area contributed by atoms with Gasteiger partial charge in [0.1, 0.15) is 0 Å². The summed E-state index contributed by atoms with van der Waals surface area (Å²) < 4.78 is 0. The Balaban J connectivity index is 2.05. The third kappa shape index (κ3) is 2.89. The van der Waals surface area contributed by atoms with Gasteiger partial charge in [0.2, 0.25) is 5.91 Å². The van der Waals surface area contributed by atoms with Gasteiger partial charge in [0.15, 0.2) is 0 Å². The van der Waals surface area contributed by atoms with Crippen molar-refractivity contribution in [3.05, 3.63) is 0 Å².